The molecule has 2 nitrogen and oxygen atoms in total. The number of methoxy groups -OCH3 is 1. The molecule has 0 amide bonds. The van der Waals surface area contributed by atoms with Crippen molar-refractivity contribution >= 4 is 0 Å². The quantitative estimate of drug-likeness (QED) is 0.892. The lowest BCUT2D eigenvalue weighted by Crippen LogP contribution is -2.59. The molecule has 3 atom stereocenters. The monoisotopic (exact) mass is 271 g/mol. The molecule has 2 heteroatoms. The maximum Gasteiger partial charge on any atom is 0.0715 e. The van der Waals surface area contributed by atoms with Crippen LogP contribution in [-0.4, -0.2) is 19.7 Å². The third-order valence-corrected chi connectivity index (χ3v) is 6.09. The first-order valence-corrected chi connectivity index (χ1v) is 8.19. The second-order valence-corrected chi connectivity index (χ2v) is 6.90. The Balaban J connectivity index is 1.86. The summed E-state index contributed by atoms with van der Waals surface area (Å²) in [6.07, 6.45) is 8.21. The van der Waals surface area contributed by atoms with Gasteiger partial charge in [0.05, 0.1) is 6.61 Å². The number of hydrogen-bond acceptors (Lipinski definition) is 2. The lowest BCUT2D eigenvalue weighted by Gasteiger charge is -2.56. The summed E-state index contributed by atoms with van der Waals surface area (Å²) >= 11 is 0. The van der Waals surface area contributed by atoms with Gasteiger partial charge in [-0.2, -0.15) is 0 Å². The molecule has 2 fully saturated rings. The molecule has 1 N–H and O–H groups in total. The number of hydrogen-bond donors (Lipinski definition) is 1. The Hall–Kier alpha value is -0.860. The summed E-state index contributed by atoms with van der Waals surface area (Å²) < 4.78 is 5.43. The summed E-state index contributed by atoms with van der Waals surface area (Å²) in [5.41, 5.74) is 5.17. The first kappa shape index (κ1) is 12.8. The molecule has 0 unspecified atom stereocenters. The molecule has 4 rings (SSSR count). The van der Waals surface area contributed by atoms with Gasteiger partial charge in [0.2, 0.25) is 0 Å². The van der Waals surface area contributed by atoms with Crippen molar-refractivity contribution in [3.05, 3.63) is 34.9 Å². The Kier molecular flexibility index (Phi) is 3.12. The number of ether oxygens (including phenoxy) is 1. The van der Waals surface area contributed by atoms with Crippen molar-refractivity contribution < 1.29 is 4.74 Å². The molecule has 0 spiro atoms. The topological polar surface area (TPSA) is 21.3 Å². The van der Waals surface area contributed by atoms with Crippen LogP contribution in [0.25, 0.3) is 0 Å². The van der Waals surface area contributed by atoms with Crippen molar-refractivity contribution in [2.45, 2.75) is 56.6 Å². The third-order valence-electron chi connectivity index (χ3n) is 6.09. The van der Waals surface area contributed by atoms with E-state index >= 15 is 0 Å². The van der Waals surface area contributed by atoms with E-state index in [1.54, 1.807) is 11.1 Å². The SMILES string of the molecule is COCc1cccc2c1C[C@H]1NCC[C@@]23CCCC[C@@H]13. The Morgan fingerprint density at radius 3 is 3.15 bits per heavy atom. The largest absolute Gasteiger partial charge is 0.380 e. The van der Waals surface area contributed by atoms with Crippen molar-refractivity contribution in [2.24, 2.45) is 5.92 Å². The maximum absolute atomic E-state index is 5.43. The molecule has 1 saturated carbocycles. The van der Waals surface area contributed by atoms with Gasteiger partial charge in [0.15, 0.2) is 0 Å². The van der Waals surface area contributed by atoms with E-state index in [0.29, 0.717) is 11.5 Å². The third kappa shape index (κ3) is 1.71. The number of fused-ring (bicyclic) bond motifs is 1. The van der Waals surface area contributed by atoms with E-state index in [9.17, 15) is 0 Å². The molecule has 0 aromatic heterocycles. The summed E-state index contributed by atoms with van der Waals surface area (Å²) in [6, 6.07) is 7.65. The highest BCUT2D eigenvalue weighted by Gasteiger charge is 2.51. The van der Waals surface area contributed by atoms with Gasteiger partial charge in [-0.05, 0) is 54.8 Å². The molecule has 1 aliphatic heterocycles. The van der Waals surface area contributed by atoms with Crippen LogP contribution in [0, 0.1) is 5.92 Å². The van der Waals surface area contributed by atoms with Crippen molar-refractivity contribution in [3.8, 4) is 0 Å². The van der Waals surface area contributed by atoms with Crippen molar-refractivity contribution in [1.82, 2.24) is 5.32 Å². The van der Waals surface area contributed by atoms with E-state index in [4.69, 9.17) is 4.74 Å². The first-order chi connectivity index (χ1) is 9.85. The maximum atomic E-state index is 5.43. The lowest BCUT2D eigenvalue weighted by molar-refractivity contribution is 0.0785. The predicted molar refractivity (Wildman–Crippen MR) is 80.9 cm³/mol. The fraction of sp³-hybridized carbons (Fsp3) is 0.667. The zero-order chi connectivity index (χ0) is 13.6. The molecule has 2 bridgehead atoms. The summed E-state index contributed by atoms with van der Waals surface area (Å²) in [7, 11) is 1.81. The van der Waals surface area contributed by atoms with Gasteiger partial charge in [0.25, 0.3) is 0 Å². The lowest BCUT2D eigenvalue weighted by atomic mass is 9.52. The van der Waals surface area contributed by atoms with Gasteiger partial charge >= 0.3 is 0 Å². The minimum Gasteiger partial charge on any atom is -0.380 e. The standard InChI is InChI=1S/C18H25NO/c1-20-12-13-5-4-7-15-14(13)11-17-16-6-2-3-8-18(15,16)9-10-19-17/h4-5,7,16-17,19H,2-3,6,8-12H2,1H3/t16-,17+,18-/m0/s1. The number of piperidine rings is 1. The number of nitrogens with one attached hydrogen (secondary N) is 1. The molecule has 108 valence electrons. The summed E-state index contributed by atoms with van der Waals surface area (Å²) in [4.78, 5) is 0. The minimum atomic E-state index is 0.478. The zero-order valence-corrected chi connectivity index (χ0v) is 12.5. The molecule has 3 aliphatic rings. The van der Waals surface area contributed by atoms with E-state index in [1.165, 1.54) is 50.6 Å². The molecular formula is C18H25NO. The van der Waals surface area contributed by atoms with Gasteiger partial charge in [-0.25, -0.2) is 0 Å². The van der Waals surface area contributed by atoms with Crippen LogP contribution in [0.15, 0.2) is 18.2 Å². The Labute approximate surface area is 121 Å². The van der Waals surface area contributed by atoms with Gasteiger partial charge in [-0.1, -0.05) is 31.0 Å². The van der Waals surface area contributed by atoms with Gasteiger partial charge in [-0.15, -0.1) is 0 Å². The van der Waals surface area contributed by atoms with E-state index in [-0.39, 0.29) is 0 Å². The Bertz CT molecular complexity index is 508. The van der Waals surface area contributed by atoms with E-state index in [1.807, 2.05) is 7.11 Å². The number of rotatable bonds is 2. The Morgan fingerprint density at radius 2 is 2.25 bits per heavy atom. The van der Waals surface area contributed by atoms with Crippen LogP contribution in [0.1, 0.15) is 48.8 Å². The fourth-order valence-electron chi connectivity index (χ4n) is 5.32. The van der Waals surface area contributed by atoms with Crippen LogP contribution in [0.3, 0.4) is 0 Å². The molecule has 1 aromatic rings. The summed E-state index contributed by atoms with van der Waals surface area (Å²) in [5, 5.41) is 3.81. The minimum absolute atomic E-state index is 0.478. The number of benzene rings is 1. The van der Waals surface area contributed by atoms with Crippen LogP contribution in [0.5, 0.6) is 0 Å². The van der Waals surface area contributed by atoms with Gasteiger partial charge < -0.3 is 10.1 Å². The van der Waals surface area contributed by atoms with Crippen molar-refractivity contribution in [2.75, 3.05) is 13.7 Å². The molecule has 0 radical (unpaired) electrons. The second kappa shape index (κ2) is 4.85. The highest BCUT2D eigenvalue weighted by atomic mass is 16.5. The smallest absolute Gasteiger partial charge is 0.0715 e. The molecule has 2 aliphatic carbocycles. The van der Waals surface area contributed by atoms with Crippen LogP contribution in [0.2, 0.25) is 0 Å². The molecule has 1 heterocycles. The Morgan fingerprint density at radius 1 is 1.30 bits per heavy atom. The van der Waals surface area contributed by atoms with E-state index in [0.717, 1.165) is 12.5 Å². The highest BCUT2D eigenvalue weighted by Crippen LogP contribution is 2.54. The van der Waals surface area contributed by atoms with E-state index < -0.39 is 0 Å². The van der Waals surface area contributed by atoms with Crippen molar-refractivity contribution in [1.29, 1.82) is 0 Å². The van der Waals surface area contributed by atoms with Gasteiger partial charge in [0.1, 0.15) is 0 Å². The molecule has 1 aromatic carbocycles. The van der Waals surface area contributed by atoms with Crippen LogP contribution >= 0.6 is 0 Å². The zero-order valence-electron chi connectivity index (χ0n) is 12.5. The highest BCUT2D eigenvalue weighted by molar-refractivity contribution is 5.45. The van der Waals surface area contributed by atoms with Gasteiger partial charge in [0, 0.05) is 18.6 Å². The molecule has 1 saturated heterocycles. The molecular weight excluding hydrogens is 246 g/mol. The van der Waals surface area contributed by atoms with Crippen LogP contribution in [0.4, 0.5) is 0 Å². The van der Waals surface area contributed by atoms with Crippen LogP contribution in [-0.2, 0) is 23.2 Å². The van der Waals surface area contributed by atoms with Crippen molar-refractivity contribution in [3.63, 3.8) is 0 Å². The fourth-order valence-corrected chi connectivity index (χ4v) is 5.32. The average molecular weight is 271 g/mol. The van der Waals surface area contributed by atoms with E-state index in [2.05, 4.69) is 23.5 Å². The first-order valence-electron chi connectivity index (χ1n) is 8.19. The van der Waals surface area contributed by atoms with Crippen LogP contribution < -0.4 is 5.32 Å². The van der Waals surface area contributed by atoms with Gasteiger partial charge in [-0.3, -0.25) is 0 Å². The summed E-state index contributed by atoms with van der Waals surface area (Å²) in [5.74, 6) is 0.871. The second-order valence-electron chi connectivity index (χ2n) is 6.90. The predicted octanol–water partition coefficient (Wildman–Crippen LogP) is 3.18. The average Bonchev–Trinajstić information content (AvgIpc) is 2.48. The normalized spacial score (nSPS) is 35.2. The summed E-state index contributed by atoms with van der Waals surface area (Å²) in [6.45, 7) is 1.96. The molecule has 20 heavy (non-hydrogen) atoms.